The second kappa shape index (κ2) is 8.17. The topological polar surface area (TPSA) is 53.3 Å². The summed E-state index contributed by atoms with van der Waals surface area (Å²) in [4.78, 5) is 16.7. The Bertz CT molecular complexity index is 740. The van der Waals surface area contributed by atoms with E-state index < -0.39 is 0 Å². The number of likely N-dealkylation sites (tertiary alicyclic amines) is 2. The van der Waals surface area contributed by atoms with E-state index >= 15 is 0 Å². The minimum absolute atomic E-state index is 0.771. The van der Waals surface area contributed by atoms with Crippen molar-refractivity contribution in [1.29, 1.82) is 0 Å². The number of hydrogen-bond donors (Lipinski definition) is 0. The second-order valence-corrected chi connectivity index (χ2v) is 8.63. The molecule has 2 atom stereocenters. The van der Waals surface area contributed by atoms with E-state index in [1.54, 1.807) is 17.2 Å². The number of rotatable bonds is 5. The van der Waals surface area contributed by atoms with Crippen molar-refractivity contribution in [1.82, 2.24) is 29.5 Å². The minimum Gasteiger partial charge on any atom is -0.356 e. The summed E-state index contributed by atoms with van der Waals surface area (Å²) in [5.41, 5.74) is 0. The zero-order chi connectivity index (χ0) is 18.8. The molecule has 0 amide bonds. The smallest absolute Gasteiger partial charge is 0.158 e. The molecule has 0 aliphatic carbocycles. The maximum atomic E-state index is 4.54. The average Bonchev–Trinajstić information content (AvgIpc) is 3.40. The summed E-state index contributed by atoms with van der Waals surface area (Å²) in [6, 6.07) is 3.98. The van der Waals surface area contributed by atoms with E-state index in [0.29, 0.717) is 0 Å². The van der Waals surface area contributed by atoms with E-state index in [-0.39, 0.29) is 0 Å². The first-order valence-electron chi connectivity index (χ1n) is 10.9. The highest BCUT2D eigenvalue weighted by Crippen LogP contribution is 2.33. The number of nitrogens with zero attached hydrogens (tertiary/aromatic N) is 7. The SMILES string of the molecule is c1cnn(-c2cc(N3CC4CN(CCN5CCCCCC5)CC4C3)ncn2)c1. The molecule has 5 heterocycles. The molecule has 7 nitrogen and oxygen atoms in total. The molecule has 0 bridgehead atoms. The van der Waals surface area contributed by atoms with E-state index in [1.165, 1.54) is 65.0 Å². The van der Waals surface area contributed by atoms with Crippen LogP contribution in [0.15, 0.2) is 30.9 Å². The summed E-state index contributed by atoms with van der Waals surface area (Å²) >= 11 is 0. The molecule has 0 radical (unpaired) electrons. The number of aromatic nitrogens is 4. The Morgan fingerprint density at radius 3 is 2.25 bits per heavy atom. The van der Waals surface area contributed by atoms with Crippen LogP contribution in [-0.4, -0.2) is 81.9 Å². The molecule has 3 aliphatic heterocycles. The normalized spacial score (nSPS) is 26.5. The molecule has 0 aromatic carbocycles. The zero-order valence-corrected chi connectivity index (χ0v) is 16.7. The van der Waals surface area contributed by atoms with Gasteiger partial charge < -0.3 is 14.7 Å². The van der Waals surface area contributed by atoms with Crippen molar-refractivity contribution in [3.8, 4) is 5.82 Å². The third kappa shape index (κ3) is 3.91. The van der Waals surface area contributed by atoms with Crippen molar-refractivity contribution in [2.24, 2.45) is 11.8 Å². The lowest BCUT2D eigenvalue weighted by Gasteiger charge is -2.25. The molecule has 0 saturated carbocycles. The monoisotopic (exact) mass is 381 g/mol. The summed E-state index contributed by atoms with van der Waals surface area (Å²) in [6.07, 6.45) is 11.0. The Morgan fingerprint density at radius 2 is 1.54 bits per heavy atom. The molecule has 7 heteroatoms. The number of hydrogen-bond acceptors (Lipinski definition) is 6. The Kier molecular flexibility index (Phi) is 5.27. The van der Waals surface area contributed by atoms with Gasteiger partial charge in [-0.3, -0.25) is 0 Å². The molecular formula is C21H31N7. The van der Waals surface area contributed by atoms with Crippen LogP contribution in [0.4, 0.5) is 5.82 Å². The maximum Gasteiger partial charge on any atom is 0.158 e. The maximum absolute atomic E-state index is 4.54. The predicted molar refractivity (Wildman–Crippen MR) is 110 cm³/mol. The molecule has 2 aromatic rings. The van der Waals surface area contributed by atoms with Crippen LogP contribution in [0.25, 0.3) is 5.82 Å². The van der Waals surface area contributed by atoms with Crippen molar-refractivity contribution in [3.05, 3.63) is 30.9 Å². The minimum atomic E-state index is 0.771. The van der Waals surface area contributed by atoms with Crippen molar-refractivity contribution >= 4 is 5.82 Å². The van der Waals surface area contributed by atoms with Gasteiger partial charge in [0.25, 0.3) is 0 Å². The quantitative estimate of drug-likeness (QED) is 0.789. The second-order valence-electron chi connectivity index (χ2n) is 8.63. The largest absolute Gasteiger partial charge is 0.356 e. The lowest BCUT2D eigenvalue weighted by molar-refractivity contribution is 0.224. The van der Waals surface area contributed by atoms with Crippen molar-refractivity contribution < 1.29 is 0 Å². The van der Waals surface area contributed by atoms with Crippen LogP contribution in [-0.2, 0) is 0 Å². The van der Waals surface area contributed by atoms with E-state index in [1.807, 2.05) is 12.3 Å². The van der Waals surface area contributed by atoms with Crippen LogP contribution in [0.2, 0.25) is 0 Å². The van der Waals surface area contributed by atoms with Gasteiger partial charge >= 0.3 is 0 Å². The van der Waals surface area contributed by atoms with Crippen LogP contribution < -0.4 is 4.90 Å². The Hall–Kier alpha value is -1.99. The number of anilines is 1. The fraction of sp³-hybridized carbons (Fsp3) is 0.667. The van der Waals surface area contributed by atoms with E-state index in [0.717, 1.165) is 36.6 Å². The standard InChI is InChI=1S/C21H31N7/c1-2-4-8-25(7-3-1)10-11-26-13-18-15-27(16-19(18)14-26)20-12-21(23-17-22-20)28-9-5-6-24-28/h5-6,9,12,17-19H,1-4,7-8,10-11,13-16H2. The summed E-state index contributed by atoms with van der Waals surface area (Å²) < 4.78 is 1.80. The Balaban J connectivity index is 1.15. The van der Waals surface area contributed by atoms with Crippen LogP contribution >= 0.6 is 0 Å². The molecule has 3 saturated heterocycles. The fourth-order valence-electron chi connectivity index (χ4n) is 5.14. The molecule has 0 spiro atoms. The van der Waals surface area contributed by atoms with Gasteiger partial charge in [0, 0.05) is 57.7 Å². The third-order valence-electron chi connectivity index (χ3n) is 6.69. The van der Waals surface area contributed by atoms with Gasteiger partial charge in [-0.1, -0.05) is 12.8 Å². The molecule has 2 aromatic heterocycles. The van der Waals surface area contributed by atoms with Crippen LogP contribution in [0.1, 0.15) is 25.7 Å². The van der Waals surface area contributed by atoms with Crippen molar-refractivity contribution in [2.75, 3.05) is 57.3 Å². The zero-order valence-electron chi connectivity index (χ0n) is 16.7. The van der Waals surface area contributed by atoms with Crippen LogP contribution in [0.3, 0.4) is 0 Å². The lowest BCUT2D eigenvalue weighted by Crippen LogP contribution is -2.36. The van der Waals surface area contributed by atoms with Crippen LogP contribution in [0.5, 0.6) is 0 Å². The highest BCUT2D eigenvalue weighted by atomic mass is 15.3. The summed E-state index contributed by atoms with van der Waals surface area (Å²) in [5, 5.41) is 4.28. The van der Waals surface area contributed by atoms with Gasteiger partial charge in [-0.25, -0.2) is 14.6 Å². The Morgan fingerprint density at radius 1 is 0.821 bits per heavy atom. The summed E-state index contributed by atoms with van der Waals surface area (Å²) in [7, 11) is 0. The molecule has 3 fully saturated rings. The molecular weight excluding hydrogens is 350 g/mol. The van der Waals surface area contributed by atoms with E-state index in [9.17, 15) is 0 Å². The van der Waals surface area contributed by atoms with Gasteiger partial charge in [-0.2, -0.15) is 5.10 Å². The first-order valence-corrected chi connectivity index (χ1v) is 10.9. The van der Waals surface area contributed by atoms with Crippen molar-refractivity contribution in [3.63, 3.8) is 0 Å². The first kappa shape index (κ1) is 18.1. The lowest BCUT2D eigenvalue weighted by atomic mass is 10.0. The highest BCUT2D eigenvalue weighted by Gasteiger charge is 2.40. The summed E-state index contributed by atoms with van der Waals surface area (Å²) in [6.45, 7) is 9.81. The van der Waals surface area contributed by atoms with Gasteiger partial charge in [-0.15, -0.1) is 0 Å². The van der Waals surface area contributed by atoms with Gasteiger partial charge in [0.1, 0.15) is 12.1 Å². The molecule has 3 aliphatic rings. The molecule has 2 unspecified atom stereocenters. The van der Waals surface area contributed by atoms with Gasteiger partial charge in [0.05, 0.1) is 0 Å². The van der Waals surface area contributed by atoms with Crippen molar-refractivity contribution in [2.45, 2.75) is 25.7 Å². The van der Waals surface area contributed by atoms with Crippen LogP contribution in [0, 0.1) is 11.8 Å². The Labute approximate surface area is 167 Å². The third-order valence-corrected chi connectivity index (χ3v) is 6.69. The summed E-state index contributed by atoms with van der Waals surface area (Å²) in [5.74, 6) is 3.41. The van der Waals surface area contributed by atoms with E-state index in [2.05, 4.69) is 35.8 Å². The highest BCUT2D eigenvalue weighted by molar-refractivity contribution is 5.44. The number of fused-ring (bicyclic) bond motifs is 1. The molecule has 0 N–H and O–H groups in total. The average molecular weight is 382 g/mol. The molecule has 28 heavy (non-hydrogen) atoms. The molecule has 5 rings (SSSR count). The fourth-order valence-corrected chi connectivity index (χ4v) is 5.14. The van der Waals surface area contributed by atoms with Gasteiger partial charge in [0.2, 0.25) is 0 Å². The first-order chi connectivity index (χ1) is 13.8. The van der Waals surface area contributed by atoms with E-state index in [4.69, 9.17) is 0 Å². The predicted octanol–water partition coefficient (Wildman–Crippen LogP) is 1.91. The van der Waals surface area contributed by atoms with Gasteiger partial charge in [0.15, 0.2) is 5.82 Å². The molecule has 150 valence electrons. The van der Waals surface area contributed by atoms with Gasteiger partial charge in [-0.05, 0) is 43.8 Å².